The Morgan fingerprint density at radius 2 is 1.83 bits per heavy atom. The summed E-state index contributed by atoms with van der Waals surface area (Å²) in [7, 11) is 0. The number of hydrogen-bond donors (Lipinski definition) is 1. The van der Waals surface area contributed by atoms with Crippen molar-refractivity contribution < 1.29 is 9.59 Å². The average Bonchev–Trinajstić information content (AvgIpc) is 2.62. The smallest absolute Gasteiger partial charge is 0.272 e. The Kier molecular flexibility index (Phi) is 4.46. The quantitative estimate of drug-likeness (QED) is 0.852. The van der Waals surface area contributed by atoms with Crippen molar-refractivity contribution in [2.24, 2.45) is 0 Å². The number of anilines is 1. The molecule has 1 aliphatic rings. The number of carbonyl (C=O) groups is 2. The SMILES string of the molecule is C[C@@H]1CN(C(=O)c2ccccn2)CCN1C(=O)c1ccc(N)cc1. The van der Waals surface area contributed by atoms with Crippen LogP contribution in [0.5, 0.6) is 0 Å². The number of aromatic nitrogens is 1. The van der Waals surface area contributed by atoms with Crippen LogP contribution in [0.1, 0.15) is 27.8 Å². The van der Waals surface area contributed by atoms with Crippen LogP contribution in [-0.2, 0) is 0 Å². The van der Waals surface area contributed by atoms with Gasteiger partial charge in [-0.1, -0.05) is 6.07 Å². The normalized spacial score (nSPS) is 17.6. The number of rotatable bonds is 2. The van der Waals surface area contributed by atoms with E-state index in [0.717, 1.165) is 0 Å². The fourth-order valence-electron chi connectivity index (χ4n) is 2.89. The van der Waals surface area contributed by atoms with Gasteiger partial charge in [-0.05, 0) is 43.3 Å². The second-order valence-electron chi connectivity index (χ2n) is 5.94. The van der Waals surface area contributed by atoms with Gasteiger partial charge in [0.1, 0.15) is 5.69 Å². The number of hydrogen-bond acceptors (Lipinski definition) is 4. The van der Waals surface area contributed by atoms with Crippen molar-refractivity contribution in [3.8, 4) is 0 Å². The molecule has 1 fully saturated rings. The molecular weight excluding hydrogens is 304 g/mol. The molecule has 0 spiro atoms. The highest BCUT2D eigenvalue weighted by atomic mass is 16.2. The van der Waals surface area contributed by atoms with Gasteiger partial charge in [0, 0.05) is 43.1 Å². The maximum Gasteiger partial charge on any atom is 0.272 e. The maximum atomic E-state index is 12.6. The predicted molar refractivity (Wildman–Crippen MR) is 91.5 cm³/mol. The molecule has 6 heteroatoms. The zero-order valence-electron chi connectivity index (χ0n) is 13.6. The van der Waals surface area contributed by atoms with Crippen molar-refractivity contribution in [2.75, 3.05) is 25.4 Å². The molecule has 6 nitrogen and oxygen atoms in total. The van der Waals surface area contributed by atoms with E-state index in [4.69, 9.17) is 5.73 Å². The fraction of sp³-hybridized carbons (Fsp3) is 0.278. The van der Waals surface area contributed by atoms with Crippen LogP contribution in [0.15, 0.2) is 48.7 Å². The molecule has 124 valence electrons. The van der Waals surface area contributed by atoms with Gasteiger partial charge in [0.05, 0.1) is 0 Å². The zero-order chi connectivity index (χ0) is 17.1. The lowest BCUT2D eigenvalue weighted by Crippen LogP contribution is -2.55. The van der Waals surface area contributed by atoms with Crippen LogP contribution in [0.4, 0.5) is 5.69 Å². The predicted octanol–water partition coefficient (Wildman–Crippen LogP) is 1.65. The van der Waals surface area contributed by atoms with Crippen molar-refractivity contribution in [2.45, 2.75) is 13.0 Å². The Hall–Kier alpha value is -2.89. The number of nitrogens with two attached hydrogens (primary N) is 1. The lowest BCUT2D eigenvalue weighted by atomic mass is 10.1. The van der Waals surface area contributed by atoms with Gasteiger partial charge in [-0.25, -0.2) is 0 Å². The van der Waals surface area contributed by atoms with E-state index >= 15 is 0 Å². The van der Waals surface area contributed by atoms with Crippen molar-refractivity contribution in [1.29, 1.82) is 0 Å². The number of pyridine rings is 1. The molecule has 1 atom stereocenters. The lowest BCUT2D eigenvalue weighted by Gasteiger charge is -2.39. The Morgan fingerprint density at radius 1 is 1.08 bits per heavy atom. The first kappa shape index (κ1) is 16.0. The molecule has 0 unspecified atom stereocenters. The number of benzene rings is 1. The van der Waals surface area contributed by atoms with Crippen molar-refractivity contribution in [1.82, 2.24) is 14.8 Å². The number of amides is 2. The van der Waals surface area contributed by atoms with Crippen LogP contribution in [-0.4, -0.2) is 52.3 Å². The van der Waals surface area contributed by atoms with Crippen LogP contribution >= 0.6 is 0 Å². The monoisotopic (exact) mass is 324 g/mol. The van der Waals surface area contributed by atoms with E-state index in [9.17, 15) is 9.59 Å². The fourth-order valence-corrected chi connectivity index (χ4v) is 2.89. The Balaban J connectivity index is 1.68. The molecule has 0 bridgehead atoms. The van der Waals surface area contributed by atoms with E-state index in [2.05, 4.69) is 4.98 Å². The summed E-state index contributed by atoms with van der Waals surface area (Å²) in [6.07, 6.45) is 1.61. The van der Waals surface area contributed by atoms with Gasteiger partial charge in [-0.3, -0.25) is 14.6 Å². The highest BCUT2D eigenvalue weighted by Crippen LogP contribution is 2.16. The highest BCUT2D eigenvalue weighted by Gasteiger charge is 2.30. The van der Waals surface area contributed by atoms with Crippen LogP contribution in [0.2, 0.25) is 0 Å². The third-order valence-corrected chi connectivity index (χ3v) is 4.22. The third kappa shape index (κ3) is 3.22. The molecule has 3 rings (SSSR count). The zero-order valence-corrected chi connectivity index (χ0v) is 13.6. The van der Waals surface area contributed by atoms with Gasteiger partial charge >= 0.3 is 0 Å². The number of nitrogen functional groups attached to an aromatic ring is 1. The molecule has 2 aromatic rings. The van der Waals surface area contributed by atoms with Crippen LogP contribution in [0.25, 0.3) is 0 Å². The minimum Gasteiger partial charge on any atom is -0.399 e. The molecule has 2 N–H and O–H groups in total. The van der Waals surface area contributed by atoms with Crippen molar-refractivity contribution in [3.05, 3.63) is 59.9 Å². The molecular formula is C18H20N4O2. The molecule has 2 heterocycles. The first-order valence-corrected chi connectivity index (χ1v) is 7.93. The van der Waals surface area contributed by atoms with E-state index < -0.39 is 0 Å². The van der Waals surface area contributed by atoms with E-state index in [1.807, 2.05) is 6.92 Å². The number of carbonyl (C=O) groups excluding carboxylic acids is 2. The Morgan fingerprint density at radius 3 is 2.46 bits per heavy atom. The van der Waals surface area contributed by atoms with Gasteiger partial charge in [0.25, 0.3) is 11.8 Å². The molecule has 1 saturated heterocycles. The molecule has 1 aromatic heterocycles. The van der Waals surface area contributed by atoms with E-state index in [0.29, 0.717) is 36.6 Å². The summed E-state index contributed by atoms with van der Waals surface area (Å²) in [6.45, 7) is 3.45. The summed E-state index contributed by atoms with van der Waals surface area (Å²) in [6, 6.07) is 12.1. The first-order chi connectivity index (χ1) is 11.6. The first-order valence-electron chi connectivity index (χ1n) is 7.93. The minimum atomic E-state index is -0.0953. The third-order valence-electron chi connectivity index (χ3n) is 4.22. The topological polar surface area (TPSA) is 79.5 Å². The minimum absolute atomic E-state index is 0.0348. The molecule has 1 aliphatic heterocycles. The average molecular weight is 324 g/mol. The van der Waals surface area contributed by atoms with Gasteiger partial charge in [0.2, 0.25) is 0 Å². The second kappa shape index (κ2) is 6.70. The summed E-state index contributed by atoms with van der Waals surface area (Å²) in [4.78, 5) is 32.8. The molecule has 24 heavy (non-hydrogen) atoms. The lowest BCUT2D eigenvalue weighted by molar-refractivity contribution is 0.0411. The summed E-state index contributed by atoms with van der Waals surface area (Å²) in [5.41, 5.74) is 7.34. The molecule has 0 aliphatic carbocycles. The summed E-state index contributed by atoms with van der Waals surface area (Å²) >= 11 is 0. The van der Waals surface area contributed by atoms with Crippen LogP contribution in [0, 0.1) is 0 Å². The van der Waals surface area contributed by atoms with Gasteiger partial charge < -0.3 is 15.5 Å². The molecule has 0 radical (unpaired) electrons. The van der Waals surface area contributed by atoms with E-state index in [-0.39, 0.29) is 17.9 Å². The summed E-state index contributed by atoms with van der Waals surface area (Å²) in [5, 5.41) is 0. The van der Waals surface area contributed by atoms with E-state index in [1.54, 1.807) is 58.5 Å². The number of piperazine rings is 1. The van der Waals surface area contributed by atoms with Crippen molar-refractivity contribution >= 4 is 17.5 Å². The maximum absolute atomic E-state index is 12.6. The van der Waals surface area contributed by atoms with Gasteiger partial charge in [-0.15, -0.1) is 0 Å². The standard InChI is InChI=1S/C18H20N4O2/c1-13-12-21(18(24)16-4-2-3-9-20-16)10-11-22(13)17(23)14-5-7-15(19)8-6-14/h2-9,13H,10-12,19H2,1H3/t13-/m1/s1. The van der Waals surface area contributed by atoms with Crippen LogP contribution < -0.4 is 5.73 Å². The van der Waals surface area contributed by atoms with Gasteiger partial charge in [-0.2, -0.15) is 0 Å². The second-order valence-corrected chi connectivity index (χ2v) is 5.94. The molecule has 1 aromatic carbocycles. The molecule has 0 saturated carbocycles. The largest absolute Gasteiger partial charge is 0.399 e. The van der Waals surface area contributed by atoms with Crippen molar-refractivity contribution in [3.63, 3.8) is 0 Å². The molecule has 2 amide bonds. The summed E-state index contributed by atoms with van der Waals surface area (Å²) in [5.74, 6) is -0.130. The highest BCUT2D eigenvalue weighted by molar-refractivity contribution is 5.95. The van der Waals surface area contributed by atoms with E-state index in [1.165, 1.54) is 0 Å². The van der Waals surface area contributed by atoms with Crippen LogP contribution in [0.3, 0.4) is 0 Å². The summed E-state index contributed by atoms with van der Waals surface area (Å²) < 4.78 is 0. The Labute approximate surface area is 140 Å². The van der Waals surface area contributed by atoms with Gasteiger partial charge in [0.15, 0.2) is 0 Å². The number of nitrogens with zero attached hydrogens (tertiary/aromatic N) is 3. The Bertz CT molecular complexity index is 730.